The fraction of sp³-hybridized carbons (Fsp3) is 0.857. The van der Waals surface area contributed by atoms with Crippen LogP contribution in [-0.2, 0) is 28.5 Å². The van der Waals surface area contributed by atoms with Gasteiger partial charge >= 0.3 is 11.9 Å². The van der Waals surface area contributed by atoms with E-state index in [-0.39, 0.29) is 24.3 Å². The minimum atomic E-state index is -0.781. The Kier molecular flexibility index (Phi) is 4.60. The van der Waals surface area contributed by atoms with Crippen LogP contribution < -0.4 is 5.43 Å². The Morgan fingerprint density at radius 1 is 1.17 bits per heavy atom. The van der Waals surface area contributed by atoms with Crippen LogP contribution in [0.3, 0.4) is 0 Å². The number of ether oxygens (including phenoxy) is 4. The van der Waals surface area contributed by atoms with E-state index in [4.69, 9.17) is 18.9 Å². The highest BCUT2D eigenvalue weighted by Gasteiger charge is 2.66. The summed E-state index contributed by atoms with van der Waals surface area (Å²) in [5, 5.41) is 1.92. The fourth-order valence-corrected chi connectivity index (χ4v) is 4.74. The van der Waals surface area contributed by atoms with Gasteiger partial charge in [-0.2, -0.15) is 0 Å². The molecule has 3 aliphatic heterocycles. The first-order valence-corrected chi connectivity index (χ1v) is 8.99. The number of fused-ring (bicyclic) bond motifs is 3. The molecule has 3 aliphatic rings. The second-order valence-electron chi connectivity index (χ2n) is 6.36. The van der Waals surface area contributed by atoms with E-state index in [0.717, 1.165) is 4.43 Å². The van der Waals surface area contributed by atoms with Crippen LogP contribution in [0.5, 0.6) is 0 Å². The number of rotatable bonds is 3. The molecule has 9 heteroatoms. The van der Waals surface area contributed by atoms with E-state index in [1.54, 1.807) is 0 Å². The molecule has 3 heterocycles. The summed E-state index contributed by atoms with van der Waals surface area (Å²) < 4.78 is 22.6. The number of nitrogens with one attached hydrogen (secondary N) is 1. The first-order valence-electron chi connectivity index (χ1n) is 7.46. The van der Waals surface area contributed by atoms with E-state index < -0.39 is 29.7 Å². The van der Waals surface area contributed by atoms with Crippen LogP contribution in [0.4, 0.5) is 0 Å². The van der Waals surface area contributed by atoms with Crippen molar-refractivity contribution in [2.45, 2.75) is 50.0 Å². The molecule has 0 radical (unpaired) electrons. The van der Waals surface area contributed by atoms with Gasteiger partial charge in [0.1, 0.15) is 24.2 Å². The van der Waals surface area contributed by atoms with Crippen molar-refractivity contribution in [1.29, 1.82) is 0 Å². The average molecular weight is 440 g/mol. The summed E-state index contributed by atoms with van der Waals surface area (Å²) in [4.78, 5) is 24.4. The maximum absolute atomic E-state index is 12.3. The molecule has 23 heavy (non-hydrogen) atoms. The normalized spacial score (nSPS) is 41.4. The number of methoxy groups -OCH3 is 2. The molecular formula is C14H21IN2O6. The van der Waals surface area contributed by atoms with Gasteiger partial charge in [-0.15, -0.1) is 0 Å². The van der Waals surface area contributed by atoms with Gasteiger partial charge in [0.25, 0.3) is 0 Å². The van der Waals surface area contributed by atoms with Gasteiger partial charge in [-0.05, 0) is 13.8 Å². The minimum Gasteiger partial charge on any atom is -0.469 e. The standard InChI is InChI=1S/C14H21IN2O6/c1-14(2)22-10-6(5-15)17-9(11(10)23-14)7(12(18)20-3)8(16-17)13(19)21-4/h6-11,16H,5H2,1-4H3/t6-,7-,8-,9-,10+,11-/m0/s1. The largest absolute Gasteiger partial charge is 0.469 e. The number of carbonyl (C=O) groups excluding carboxylic acids is 2. The van der Waals surface area contributed by atoms with E-state index in [1.165, 1.54) is 14.2 Å². The third-order valence-corrected chi connectivity index (χ3v) is 5.56. The van der Waals surface area contributed by atoms with Gasteiger partial charge in [-0.25, -0.2) is 10.4 Å². The minimum absolute atomic E-state index is 0.00538. The molecule has 8 nitrogen and oxygen atoms in total. The Hall–Kier alpha value is -0.490. The molecule has 0 aliphatic carbocycles. The molecule has 3 saturated heterocycles. The maximum atomic E-state index is 12.3. The van der Waals surface area contributed by atoms with Gasteiger partial charge in [0.2, 0.25) is 0 Å². The molecule has 3 rings (SSSR count). The first-order chi connectivity index (χ1) is 10.8. The molecule has 0 amide bonds. The Morgan fingerprint density at radius 2 is 1.78 bits per heavy atom. The zero-order valence-corrected chi connectivity index (χ0v) is 15.6. The van der Waals surface area contributed by atoms with Crippen molar-refractivity contribution in [2.24, 2.45) is 5.92 Å². The zero-order valence-electron chi connectivity index (χ0n) is 13.4. The summed E-state index contributed by atoms with van der Waals surface area (Å²) in [6, 6.07) is -1.12. The molecular weight excluding hydrogens is 419 g/mol. The highest BCUT2D eigenvalue weighted by molar-refractivity contribution is 14.1. The lowest BCUT2D eigenvalue weighted by atomic mass is 9.90. The van der Waals surface area contributed by atoms with E-state index in [0.29, 0.717) is 0 Å². The van der Waals surface area contributed by atoms with Crippen molar-refractivity contribution in [1.82, 2.24) is 10.4 Å². The van der Waals surface area contributed by atoms with E-state index >= 15 is 0 Å². The zero-order chi connectivity index (χ0) is 16.9. The Morgan fingerprint density at radius 3 is 2.35 bits per heavy atom. The molecule has 0 aromatic heterocycles. The molecule has 0 unspecified atom stereocenters. The van der Waals surface area contributed by atoms with Crippen LogP contribution in [0.25, 0.3) is 0 Å². The van der Waals surface area contributed by atoms with Gasteiger partial charge in [-0.1, -0.05) is 22.6 Å². The smallest absolute Gasteiger partial charge is 0.325 e. The molecule has 0 spiro atoms. The number of hydrogen-bond donors (Lipinski definition) is 1. The number of carbonyl (C=O) groups is 2. The number of nitrogens with zero attached hydrogens (tertiary/aromatic N) is 1. The van der Waals surface area contributed by atoms with Crippen molar-refractivity contribution in [2.75, 3.05) is 18.6 Å². The van der Waals surface area contributed by atoms with Gasteiger partial charge in [-0.3, -0.25) is 9.59 Å². The second kappa shape index (κ2) is 6.10. The number of halogens is 1. The fourth-order valence-electron chi connectivity index (χ4n) is 3.81. The van der Waals surface area contributed by atoms with E-state index in [2.05, 4.69) is 28.0 Å². The third-order valence-electron chi connectivity index (χ3n) is 4.66. The van der Waals surface area contributed by atoms with Gasteiger partial charge in [0.15, 0.2) is 5.79 Å². The van der Waals surface area contributed by atoms with Crippen LogP contribution in [0.1, 0.15) is 13.8 Å². The first kappa shape index (κ1) is 17.3. The lowest BCUT2D eigenvalue weighted by molar-refractivity contribution is -0.171. The number of hydrogen-bond acceptors (Lipinski definition) is 8. The van der Waals surface area contributed by atoms with Crippen molar-refractivity contribution >= 4 is 34.5 Å². The molecule has 0 aromatic carbocycles. The summed E-state index contributed by atoms with van der Waals surface area (Å²) in [5.41, 5.74) is 3.12. The summed E-state index contributed by atoms with van der Waals surface area (Å²) in [6.45, 7) is 3.71. The van der Waals surface area contributed by atoms with Crippen LogP contribution in [0, 0.1) is 5.92 Å². The third kappa shape index (κ3) is 2.66. The molecule has 1 N–H and O–H groups in total. The Balaban J connectivity index is 1.96. The van der Waals surface area contributed by atoms with Gasteiger partial charge in [0.05, 0.1) is 26.3 Å². The summed E-state index contributed by atoms with van der Waals surface area (Å²) in [6.07, 6.45) is -0.471. The lowest BCUT2D eigenvalue weighted by Crippen LogP contribution is -2.49. The Bertz CT molecular complexity index is 515. The molecule has 3 fully saturated rings. The lowest BCUT2D eigenvalue weighted by Gasteiger charge is -2.29. The van der Waals surface area contributed by atoms with E-state index in [9.17, 15) is 9.59 Å². The highest BCUT2D eigenvalue weighted by Crippen LogP contribution is 2.46. The average Bonchev–Trinajstić information content (AvgIpc) is 3.11. The monoisotopic (exact) mass is 440 g/mol. The van der Waals surface area contributed by atoms with Crippen molar-refractivity contribution in [3.63, 3.8) is 0 Å². The quantitative estimate of drug-likeness (QED) is 0.369. The molecule has 6 atom stereocenters. The van der Waals surface area contributed by atoms with Crippen molar-refractivity contribution in [3.8, 4) is 0 Å². The number of hydrazine groups is 1. The molecule has 130 valence electrons. The van der Waals surface area contributed by atoms with Crippen LogP contribution in [-0.4, -0.2) is 71.7 Å². The molecule has 0 bridgehead atoms. The Labute approximate surface area is 148 Å². The van der Waals surface area contributed by atoms with E-state index in [1.807, 2.05) is 18.9 Å². The summed E-state index contributed by atoms with van der Waals surface area (Å²) >= 11 is 2.27. The predicted octanol–water partition coefficient (Wildman–Crippen LogP) is -0.157. The summed E-state index contributed by atoms with van der Waals surface area (Å²) in [5.74, 6) is -2.36. The van der Waals surface area contributed by atoms with Crippen LogP contribution in [0.15, 0.2) is 0 Å². The number of alkyl halides is 1. The maximum Gasteiger partial charge on any atom is 0.325 e. The molecule has 0 saturated carbocycles. The topological polar surface area (TPSA) is 86.3 Å². The van der Waals surface area contributed by atoms with Crippen LogP contribution >= 0.6 is 22.6 Å². The van der Waals surface area contributed by atoms with Crippen molar-refractivity contribution < 1.29 is 28.5 Å². The van der Waals surface area contributed by atoms with Gasteiger partial charge < -0.3 is 18.9 Å². The van der Waals surface area contributed by atoms with Crippen molar-refractivity contribution in [3.05, 3.63) is 0 Å². The SMILES string of the molecule is COC(=O)[C@@H]1[C@H]2[C@@H]3OC(C)(C)O[C@@H]3[C@H](CI)N2N[C@@H]1C(=O)OC. The predicted molar refractivity (Wildman–Crippen MR) is 86.6 cm³/mol. The van der Waals surface area contributed by atoms with Crippen LogP contribution in [0.2, 0.25) is 0 Å². The molecule has 0 aromatic rings. The second-order valence-corrected chi connectivity index (χ2v) is 7.24. The van der Waals surface area contributed by atoms with Gasteiger partial charge in [0, 0.05) is 4.43 Å². The highest BCUT2D eigenvalue weighted by atomic mass is 127. The summed E-state index contributed by atoms with van der Waals surface area (Å²) in [7, 11) is 2.62. The number of esters is 2.